The van der Waals surface area contributed by atoms with Crippen molar-refractivity contribution in [2.75, 3.05) is 20.3 Å². The molecule has 0 aliphatic rings. The van der Waals surface area contributed by atoms with Gasteiger partial charge in [0.2, 0.25) is 0 Å². The van der Waals surface area contributed by atoms with E-state index in [1.165, 1.54) is 0 Å². The second kappa shape index (κ2) is 9.64. The predicted molar refractivity (Wildman–Crippen MR) is 86.0 cm³/mol. The summed E-state index contributed by atoms with van der Waals surface area (Å²) in [7, 11) is 1.62. The lowest BCUT2D eigenvalue weighted by Crippen LogP contribution is -2.40. The van der Waals surface area contributed by atoms with Crippen LogP contribution in [0, 0.1) is 5.92 Å². The third-order valence-electron chi connectivity index (χ3n) is 3.91. The molecule has 0 aliphatic carbocycles. The Hall–Kier alpha value is -1.26. The van der Waals surface area contributed by atoms with Gasteiger partial charge in [-0.05, 0) is 25.0 Å². The Bertz CT molecular complexity index is 393. The zero-order valence-electron chi connectivity index (χ0n) is 13.6. The van der Waals surface area contributed by atoms with Gasteiger partial charge in [0.1, 0.15) is 24.2 Å². The number of ether oxygens (including phenoxy) is 2. The van der Waals surface area contributed by atoms with Crippen molar-refractivity contribution in [3.05, 3.63) is 24.3 Å². The van der Waals surface area contributed by atoms with E-state index in [-0.39, 0.29) is 6.61 Å². The lowest BCUT2D eigenvalue weighted by molar-refractivity contribution is 0.101. The van der Waals surface area contributed by atoms with Gasteiger partial charge in [-0.3, -0.25) is 0 Å². The predicted octanol–water partition coefficient (Wildman–Crippen LogP) is 2.85. The van der Waals surface area contributed by atoms with Crippen LogP contribution in [0.5, 0.6) is 11.5 Å². The zero-order chi connectivity index (χ0) is 15.7. The summed E-state index contributed by atoms with van der Waals surface area (Å²) in [5, 5.41) is 13.4. The van der Waals surface area contributed by atoms with Crippen molar-refractivity contribution in [1.82, 2.24) is 5.32 Å². The molecule has 0 amide bonds. The molecule has 0 aromatic heterocycles. The van der Waals surface area contributed by atoms with Gasteiger partial charge in [-0.1, -0.05) is 32.8 Å². The molecule has 1 aromatic rings. The van der Waals surface area contributed by atoms with Crippen LogP contribution in [-0.2, 0) is 0 Å². The monoisotopic (exact) mass is 295 g/mol. The van der Waals surface area contributed by atoms with Gasteiger partial charge in [0.25, 0.3) is 0 Å². The molecule has 0 saturated heterocycles. The summed E-state index contributed by atoms with van der Waals surface area (Å²) in [5.41, 5.74) is 0. The molecule has 21 heavy (non-hydrogen) atoms. The van der Waals surface area contributed by atoms with Crippen molar-refractivity contribution in [2.24, 2.45) is 5.92 Å². The highest BCUT2D eigenvalue weighted by Crippen LogP contribution is 2.19. The summed E-state index contributed by atoms with van der Waals surface area (Å²) in [6.45, 7) is 7.40. The summed E-state index contributed by atoms with van der Waals surface area (Å²) in [6.07, 6.45) is 1.79. The van der Waals surface area contributed by atoms with E-state index in [2.05, 4.69) is 26.1 Å². The van der Waals surface area contributed by atoms with Crippen LogP contribution in [0.15, 0.2) is 24.3 Å². The van der Waals surface area contributed by atoms with Crippen LogP contribution < -0.4 is 14.8 Å². The number of nitrogens with one attached hydrogen (secondary N) is 1. The number of benzene rings is 1. The lowest BCUT2D eigenvalue weighted by atomic mass is 9.95. The van der Waals surface area contributed by atoms with Crippen molar-refractivity contribution in [3.8, 4) is 11.5 Å². The van der Waals surface area contributed by atoms with E-state index in [4.69, 9.17) is 9.47 Å². The second-order valence-corrected chi connectivity index (χ2v) is 5.42. The first-order valence-electron chi connectivity index (χ1n) is 7.78. The molecule has 2 N–H and O–H groups in total. The van der Waals surface area contributed by atoms with Crippen LogP contribution in [0.2, 0.25) is 0 Å². The first-order chi connectivity index (χ1) is 10.1. The molecule has 4 heteroatoms. The number of aliphatic hydroxyl groups excluding tert-OH is 1. The summed E-state index contributed by atoms with van der Waals surface area (Å²) in [5.74, 6) is 2.11. The van der Waals surface area contributed by atoms with Gasteiger partial charge in [-0.2, -0.15) is 0 Å². The van der Waals surface area contributed by atoms with Crippen molar-refractivity contribution in [1.29, 1.82) is 0 Å². The maximum atomic E-state index is 9.99. The molecule has 0 fully saturated rings. The van der Waals surface area contributed by atoms with Crippen LogP contribution in [0.25, 0.3) is 0 Å². The van der Waals surface area contributed by atoms with E-state index in [1.54, 1.807) is 7.11 Å². The van der Waals surface area contributed by atoms with Gasteiger partial charge in [0.15, 0.2) is 0 Å². The maximum absolute atomic E-state index is 9.99. The van der Waals surface area contributed by atoms with Crippen LogP contribution in [0.4, 0.5) is 0 Å². The Morgan fingerprint density at radius 2 is 1.86 bits per heavy atom. The molecule has 0 spiro atoms. The van der Waals surface area contributed by atoms with E-state index in [0.29, 0.717) is 24.3 Å². The number of aliphatic hydroxyl groups is 1. The first-order valence-corrected chi connectivity index (χ1v) is 7.78. The largest absolute Gasteiger partial charge is 0.497 e. The summed E-state index contributed by atoms with van der Waals surface area (Å²) in [6, 6.07) is 7.81. The SMILES string of the molecule is CCC(CC)C(C)NCC(O)COc1cccc(OC)c1. The Morgan fingerprint density at radius 3 is 2.48 bits per heavy atom. The van der Waals surface area contributed by atoms with Gasteiger partial charge in [-0.25, -0.2) is 0 Å². The normalized spacial score (nSPS) is 14.0. The van der Waals surface area contributed by atoms with Crippen LogP contribution in [0.3, 0.4) is 0 Å². The van der Waals surface area contributed by atoms with E-state index < -0.39 is 6.10 Å². The number of rotatable bonds is 10. The molecule has 120 valence electrons. The Kier molecular flexibility index (Phi) is 8.16. The third kappa shape index (κ3) is 6.36. The molecule has 0 radical (unpaired) electrons. The summed E-state index contributed by atoms with van der Waals surface area (Å²) >= 11 is 0. The molecule has 0 saturated carbocycles. The molecule has 2 atom stereocenters. The molecule has 1 aromatic carbocycles. The molecule has 1 rings (SSSR count). The van der Waals surface area contributed by atoms with Gasteiger partial charge in [0.05, 0.1) is 7.11 Å². The number of hydrogen-bond donors (Lipinski definition) is 2. The van der Waals surface area contributed by atoms with E-state index in [1.807, 2.05) is 24.3 Å². The van der Waals surface area contributed by atoms with E-state index in [9.17, 15) is 5.11 Å². The van der Waals surface area contributed by atoms with E-state index in [0.717, 1.165) is 18.6 Å². The van der Waals surface area contributed by atoms with Gasteiger partial charge in [0, 0.05) is 18.7 Å². The van der Waals surface area contributed by atoms with Gasteiger partial charge < -0.3 is 19.9 Å². The minimum absolute atomic E-state index is 0.274. The van der Waals surface area contributed by atoms with Gasteiger partial charge in [-0.15, -0.1) is 0 Å². The topological polar surface area (TPSA) is 50.7 Å². The Balaban J connectivity index is 2.31. The maximum Gasteiger partial charge on any atom is 0.123 e. The number of hydrogen-bond acceptors (Lipinski definition) is 4. The molecular weight excluding hydrogens is 266 g/mol. The van der Waals surface area contributed by atoms with Crippen molar-refractivity contribution in [3.63, 3.8) is 0 Å². The fourth-order valence-corrected chi connectivity index (χ4v) is 2.43. The van der Waals surface area contributed by atoms with Gasteiger partial charge >= 0.3 is 0 Å². The fourth-order valence-electron chi connectivity index (χ4n) is 2.43. The highest BCUT2D eigenvalue weighted by molar-refractivity contribution is 5.32. The smallest absolute Gasteiger partial charge is 0.123 e. The van der Waals surface area contributed by atoms with E-state index >= 15 is 0 Å². The summed E-state index contributed by atoms with van der Waals surface area (Å²) < 4.78 is 10.7. The standard InChI is InChI=1S/C17H29NO3/c1-5-14(6-2)13(3)18-11-15(19)12-21-17-9-7-8-16(10-17)20-4/h7-10,13-15,18-19H,5-6,11-12H2,1-4H3. The fraction of sp³-hybridized carbons (Fsp3) is 0.647. The number of methoxy groups -OCH3 is 1. The average molecular weight is 295 g/mol. The second-order valence-electron chi connectivity index (χ2n) is 5.42. The highest BCUT2D eigenvalue weighted by atomic mass is 16.5. The van der Waals surface area contributed by atoms with Crippen LogP contribution in [-0.4, -0.2) is 37.5 Å². The lowest BCUT2D eigenvalue weighted by Gasteiger charge is -2.24. The molecule has 0 heterocycles. The molecule has 4 nitrogen and oxygen atoms in total. The Labute approximate surface area is 128 Å². The average Bonchev–Trinajstić information content (AvgIpc) is 2.52. The molecular formula is C17H29NO3. The minimum atomic E-state index is -0.520. The quantitative estimate of drug-likeness (QED) is 0.697. The highest BCUT2D eigenvalue weighted by Gasteiger charge is 2.14. The van der Waals surface area contributed by atoms with Crippen LogP contribution >= 0.6 is 0 Å². The first kappa shape index (κ1) is 17.8. The minimum Gasteiger partial charge on any atom is -0.497 e. The van der Waals surface area contributed by atoms with Crippen molar-refractivity contribution in [2.45, 2.75) is 45.8 Å². The molecule has 2 unspecified atom stereocenters. The molecule has 0 aliphatic heterocycles. The Morgan fingerprint density at radius 1 is 1.19 bits per heavy atom. The summed E-state index contributed by atoms with van der Waals surface area (Å²) in [4.78, 5) is 0. The van der Waals surface area contributed by atoms with Crippen molar-refractivity contribution < 1.29 is 14.6 Å². The third-order valence-corrected chi connectivity index (χ3v) is 3.91. The van der Waals surface area contributed by atoms with Crippen LogP contribution in [0.1, 0.15) is 33.6 Å². The molecule has 0 bridgehead atoms. The zero-order valence-corrected chi connectivity index (χ0v) is 13.6. The van der Waals surface area contributed by atoms with Crippen molar-refractivity contribution >= 4 is 0 Å².